The second kappa shape index (κ2) is 7.47. The van der Waals surface area contributed by atoms with Gasteiger partial charge >= 0.3 is 0 Å². The lowest BCUT2D eigenvalue weighted by Crippen LogP contribution is -2.26. The first-order chi connectivity index (χ1) is 13.1. The summed E-state index contributed by atoms with van der Waals surface area (Å²) >= 11 is 0. The predicted octanol–water partition coefficient (Wildman–Crippen LogP) is 5.69. The van der Waals surface area contributed by atoms with Gasteiger partial charge in [-0.2, -0.15) is 0 Å². The van der Waals surface area contributed by atoms with E-state index in [1.165, 1.54) is 46.1 Å². The van der Waals surface area contributed by atoms with Crippen LogP contribution >= 0.6 is 0 Å². The molecular formula is C24H31N3. The van der Waals surface area contributed by atoms with Gasteiger partial charge < -0.3 is 10.3 Å². The molecule has 0 saturated carbocycles. The lowest BCUT2D eigenvalue weighted by molar-refractivity contribution is 0.460. The van der Waals surface area contributed by atoms with E-state index in [-0.39, 0.29) is 0 Å². The minimum absolute atomic E-state index is 0.468. The molecule has 0 radical (unpaired) electrons. The minimum atomic E-state index is 0.468. The average Bonchev–Trinajstić information content (AvgIpc) is 3.07. The number of nitrogens with zero attached hydrogens (tertiary/aromatic N) is 1. The van der Waals surface area contributed by atoms with Gasteiger partial charge in [0, 0.05) is 27.9 Å². The predicted molar refractivity (Wildman–Crippen MR) is 115 cm³/mol. The number of aromatic nitrogens is 2. The zero-order valence-electron chi connectivity index (χ0n) is 17.0. The van der Waals surface area contributed by atoms with E-state index in [4.69, 9.17) is 0 Å². The molecule has 0 aliphatic carbocycles. The highest BCUT2D eigenvalue weighted by atomic mass is 14.9. The van der Waals surface area contributed by atoms with Crippen molar-refractivity contribution >= 4 is 10.9 Å². The number of rotatable bonds is 4. The fourth-order valence-electron chi connectivity index (χ4n) is 4.53. The van der Waals surface area contributed by atoms with Crippen molar-refractivity contribution in [2.45, 2.75) is 58.8 Å². The normalized spacial score (nSPS) is 15.7. The summed E-state index contributed by atoms with van der Waals surface area (Å²) in [4.78, 5) is 8.39. The number of benzene rings is 1. The number of nitrogens with one attached hydrogen (secondary N) is 2. The van der Waals surface area contributed by atoms with Gasteiger partial charge in [0.15, 0.2) is 0 Å². The van der Waals surface area contributed by atoms with Gasteiger partial charge in [0.25, 0.3) is 0 Å². The third-order valence-electron chi connectivity index (χ3n) is 5.91. The molecule has 0 unspecified atom stereocenters. The van der Waals surface area contributed by atoms with Gasteiger partial charge in [0.2, 0.25) is 0 Å². The maximum absolute atomic E-state index is 4.66. The molecule has 3 aromatic rings. The van der Waals surface area contributed by atoms with Crippen molar-refractivity contribution in [1.82, 2.24) is 15.3 Å². The van der Waals surface area contributed by atoms with E-state index in [9.17, 15) is 0 Å². The molecule has 1 aliphatic rings. The molecule has 142 valence electrons. The van der Waals surface area contributed by atoms with Crippen LogP contribution in [0.3, 0.4) is 0 Å². The molecule has 27 heavy (non-hydrogen) atoms. The van der Waals surface area contributed by atoms with E-state index in [0.717, 1.165) is 30.9 Å². The van der Waals surface area contributed by atoms with Crippen LogP contribution in [0.25, 0.3) is 22.2 Å². The number of piperidine rings is 1. The SMILES string of the molecule is CCc1cc(-c2[nH]c3ccc(C4CCNCC4)cc3c2C(C)C)cc(C)n1. The van der Waals surface area contributed by atoms with Gasteiger partial charge in [0.05, 0.1) is 5.69 Å². The van der Waals surface area contributed by atoms with E-state index in [2.05, 4.69) is 73.3 Å². The van der Waals surface area contributed by atoms with Crippen molar-refractivity contribution in [1.29, 1.82) is 0 Å². The van der Waals surface area contributed by atoms with Crippen molar-refractivity contribution < 1.29 is 0 Å². The Balaban J connectivity index is 1.86. The van der Waals surface area contributed by atoms with E-state index in [0.29, 0.717) is 11.8 Å². The number of hydrogen-bond donors (Lipinski definition) is 2. The third-order valence-corrected chi connectivity index (χ3v) is 5.91. The lowest BCUT2D eigenvalue weighted by atomic mass is 9.88. The van der Waals surface area contributed by atoms with Gasteiger partial charge in [-0.25, -0.2) is 0 Å². The zero-order chi connectivity index (χ0) is 19.0. The molecule has 3 nitrogen and oxygen atoms in total. The Morgan fingerprint density at radius 3 is 2.59 bits per heavy atom. The summed E-state index contributed by atoms with van der Waals surface area (Å²) in [6.07, 6.45) is 3.44. The number of fused-ring (bicyclic) bond motifs is 1. The zero-order valence-corrected chi connectivity index (χ0v) is 17.0. The number of aryl methyl sites for hydroxylation is 2. The van der Waals surface area contributed by atoms with Crippen molar-refractivity contribution in [3.8, 4) is 11.3 Å². The Bertz CT molecular complexity index is 946. The molecule has 4 rings (SSSR count). The van der Waals surface area contributed by atoms with Crippen LogP contribution in [0.5, 0.6) is 0 Å². The summed E-state index contributed by atoms with van der Waals surface area (Å²) in [6, 6.07) is 11.5. The van der Waals surface area contributed by atoms with Gasteiger partial charge in [-0.05, 0) is 86.5 Å². The van der Waals surface area contributed by atoms with E-state index in [1.54, 1.807) is 0 Å². The van der Waals surface area contributed by atoms with Crippen LogP contribution in [-0.2, 0) is 6.42 Å². The molecule has 0 amide bonds. The van der Waals surface area contributed by atoms with Crippen LogP contribution in [-0.4, -0.2) is 23.1 Å². The van der Waals surface area contributed by atoms with Gasteiger partial charge in [-0.1, -0.05) is 26.8 Å². The Labute approximate surface area is 162 Å². The van der Waals surface area contributed by atoms with Crippen molar-refractivity contribution in [2.75, 3.05) is 13.1 Å². The first-order valence-corrected chi connectivity index (χ1v) is 10.4. The highest BCUT2D eigenvalue weighted by Gasteiger charge is 2.20. The molecule has 0 bridgehead atoms. The molecule has 0 spiro atoms. The summed E-state index contributed by atoms with van der Waals surface area (Å²) in [5, 5.41) is 4.87. The summed E-state index contributed by atoms with van der Waals surface area (Å²) < 4.78 is 0. The van der Waals surface area contributed by atoms with Crippen LogP contribution < -0.4 is 5.32 Å². The van der Waals surface area contributed by atoms with Crippen LogP contribution in [0.2, 0.25) is 0 Å². The molecule has 0 atom stereocenters. The highest BCUT2D eigenvalue weighted by Crippen LogP contribution is 2.38. The fraction of sp³-hybridized carbons (Fsp3) is 0.458. The van der Waals surface area contributed by atoms with Crippen molar-refractivity contribution in [3.63, 3.8) is 0 Å². The summed E-state index contributed by atoms with van der Waals surface area (Å²) in [6.45, 7) is 11.1. The molecular weight excluding hydrogens is 330 g/mol. The summed E-state index contributed by atoms with van der Waals surface area (Å²) in [7, 11) is 0. The molecule has 1 saturated heterocycles. The minimum Gasteiger partial charge on any atom is -0.354 e. The van der Waals surface area contributed by atoms with Crippen molar-refractivity contribution in [2.24, 2.45) is 0 Å². The monoisotopic (exact) mass is 361 g/mol. The van der Waals surface area contributed by atoms with Gasteiger partial charge in [-0.15, -0.1) is 0 Å². The molecule has 3 heteroatoms. The fourth-order valence-corrected chi connectivity index (χ4v) is 4.53. The molecule has 1 aliphatic heterocycles. The quantitative estimate of drug-likeness (QED) is 0.626. The molecule has 2 aromatic heterocycles. The third kappa shape index (κ3) is 3.53. The van der Waals surface area contributed by atoms with Gasteiger partial charge in [0.1, 0.15) is 0 Å². The molecule has 1 fully saturated rings. The van der Waals surface area contributed by atoms with Crippen LogP contribution in [0.4, 0.5) is 0 Å². The number of pyridine rings is 1. The van der Waals surface area contributed by atoms with Crippen LogP contribution in [0.15, 0.2) is 30.3 Å². The van der Waals surface area contributed by atoms with Gasteiger partial charge in [-0.3, -0.25) is 4.98 Å². The van der Waals surface area contributed by atoms with Crippen molar-refractivity contribution in [3.05, 3.63) is 52.8 Å². The maximum Gasteiger partial charge on any atom is 0.0501 e. The summed E-state index contributed by atoms with van der Waals surface area (Å²) in [5.41, 5.74) is 8.97. The second-order valence-electron chi connectivity index (χ2n) is 8.24. The first-order valence-electron chi connectivity index (χ1n) is 10.4. The Kier molecular flexibility index (Phi) is 5.05. The molecule has 3 heterocycles. The number of hydrogen-bond acceptors (Lipinski definition) is 2. The number of aromatic amines is 1. The Morgan fingerprint density at radius 2 is 1.89 bits per heavy atom. The standard InChI is InChI=1S/C24H31N3/c1-5-20-13-19(12-16(4)26-20)24-23(15(2)3)21-14-18(6-7-22(21)27-24)17-8-10-25-11-9-17/h6-7,12-15,17,25,27H,5,8-11H2,1-4H3. The van der Waals surface area contributed by atoms with Crippen LogP contribution in [0.1, 0.15) is 68.0 Å². The Hall–Kier alpha value is -2.13. The van der Waals surface area contributed by atoms with E-state index >= 15 is 0 Å². The smallest absolute Gasteiger partial charge is 0.0501 e. The average molecular weight is 362 g/mol. The maximum atomic E-state index is 4.66. The largest absolute Gasteiger partial charge is 0.354 e. The molecule has 2 N–H and O–H groups in total. The number of H-pyrrole nitrogens is 1. The van der Waals surface area contributed by atoms with E-state index < -0.39 is 0 Å². The first kappa shape index (κ1) is 18.2. The van der Waals surface area contributed by atoms with E-state index in [1.807, 2.05) is 0 Å². The Morgan fingerprint density at radius 1 is 1.11 bits per heavy atom. The lowest BCUT2D eigenvalue weighted by Gasteiger charge is -2.23. The second-order valence-corrected chi connectivity index (χ2v) is 8.24. The topological polar surface area (TPSA) is 40.7 Å². The molecule has 1 aromatic carbocycles. The highest BCUT2D eigenvalue weighted by molar-refractivity contribution is 5.92. The summed E-state index contributed by atoms with van der Waals surface area (Å²) in [5.74, 6) is 1.15. The van der Waals surface area contributed by atoms with Crippen LogP contribution in [0, 0.1) is 6.92 Å².